The maximum absolute atomic E-state index is 14.3. The van der Waals surface area contributed by atoms with Gasteiger partial charge >= 0.3 is 0 Å². The second-order valence-corrected chi connectivity index (χ2v) is 7.13. The Labute approximate surface area is 179 Å². The summed E-state index contributed by atoms with van der Waals surface area (Å²) in [5, 5.41) is 2.79. The Morgan fingerprint density at radius 1 is 1.13 bits per heavy atom. The number of H-pyrrole nitrogens is 1. The maximum atomic E-state index is 14.3. The molecule has 3 nitrogen and oxygen atoms in total. The fraction of sp³-hybridized carbons (Fsp3) is 0.375. The highest BCUT2D eigenvalue weighted by Crippen LogP contribution is 2.45. The Bertz CT molecular complexity index is 979. The average molecular weight is 436 g/mol. The molecule has 1 amide bonds. The number of carbonyl (C=O) groups is 1. The van der Waals surface area contributed by atoms with E-state index in [4.69, 9.17) is 0 Å². The van der Waals surface area contributed by atoms with Crippen LogP contribution in [0.25, 0.3) is 22.2 Å². The van der Waals surface area contributed by atoms with Crippen molar-refractivity contribution < 1.29 is 22.4 Å². The minimum absolute atomic E-state index is 0.219. The Morgan fingerprint density at radius 2 is 1.77 bits per heavy atom. The van der Waals surface area contributed by atoms with Crippen LogP contribution < -0.4 is 5.32 Å². The third-order valence-corrected chi connectivity index (χ3v) is 5.05. The van der Waals surface area contributed by atoms with Crippen molar-refractivity contribution in [3.05, 3.63) is 59.2 Å². The maximum Gasteiger partial charge on any atom is 0.255 e. The smallest absolute Gasteiger partial charge is 0.255 e. The SMILES string of the molecule is CC.Cc1cc(F)c2[nH]c(-c3ccc(F)cc3)c(C3CCC3)c2c1.O=CNCC(F)F. The second kappa shape index (κ2) is 11.5. The number of aromatic amines is 1. The number of aromatic nitrogens is 1. The number of halogens is 4. The van der Waals surface area contributed by atoms with Gasteiger partial charge in [-0.3, -0.25) is 4.79 Å². The molecule has 0 radical (unpaired) electrons. The zero-order chi connectivity index (χ0) is 23.0. The first-order chi connectivity index (χ1) is 14.9. The molecule has 1 fully saturated rings. The van der Waals surface area contributed by atoms with Gasteiger partial charge in [-0.1, -0.05) is 20.3 Å². The highest BCUT2D eigenvalue weighted by molar-refractivity contribution is 5.92. The molecular weight excluding hydrogens is 408 g/mol. The Kier molecular flexibility index (Phi) is 9.09. The van der Waals surface area contributed by atoms with Crippen LogP contribution >= 0.6 is 0 Å². The number of benzene rings is 2. The van der Waals surface area contributed by atoms with E-state index in [2.05, 4.69) is 11.1 Å². The molecule has 0 spiro atoms. The summed E-state index contributed by atoms with van der Waals surface area (Å²) in [4.78, 5) is 12.5. The van der Waals surface area contributed by atoms with Gasteiger partial charge in [0.2, 0.25) is 6.41 Å². The number of nitrogens with one attached hydrogen (secondary N) is 2. The van der Waals surface area contributed by atoms with Crippen LogP contribution in [-0.2, 0) is 4.79 Å². The van der Waals surface area contributed by atoms with Crippen LogP contribution in [0.5, 0.6) is 0 Å². The summed E-state index contributed by atoms with van der Waals surface area (Å²) in [6.07, 6.45) is 1.29. The normalized spacial score (nSPS) is 13.0. The minimum atomic E-state index is -2.44. The molecule has 7 heteroatoms. The highest BCUT2D eigenvalue weighted by Gasteiger charge is 2.27. The molecule has 31 heavy (non-hydrogen) atoms. The van der Waals surface area contributed by atoms with Crippen molar-refractivity contribution in [1.82, 2.24) is 10.3 Å². The molecule has 1 heterocycles. The molecule has 4 rings (SSSR count). The molecule has 1 aliphatic rings. The molecule has 2 aromatic carbocycles. The van der Waals surface area contributed by atoms with Gasteiger partial charge in [0.15, 0.2) is 0 Å². The van der Waals surface area contributed by atoms with Gasteiger partial charge in [0.25, 0.3) is 6.43 Å². The molecule has 168 valence electrons. The van der Waals surface area contributed by atoms with Crippen LogP contribution in [0.3, 0.4) is 0 Å². The quantitative estimate of drug-likeness (QED) is 0.339. The molecule has 3 aromatic rings. The molecule has 1 saturated carbocycles. The summed E-state index contributed by atoms with van der Waals surface area (Å²) in [6, 6.07) is 10.0. The third-order valence-electron chi connectivity index (χ3n) is 5.05. The number of aryl methyl sites for hydroxylation is 1. The van der Waals surface area contributed by atoms with Crippen molar-refractivity contribution in [2.24, 2.45) is 0 Å². The molecular formula is C24H28F4N2O. The summed E-state index contributed by atoms with van der Waals surface area (Å²) in [7, 11) is 0. The van der Waals surface area contributed by atoms with Crippen molar-refractivity contribution in [3.8, 4) is 11.3 Å². The number of hydrogen-bond acceptors (Lipinski definition) is 1. The Morgan fingerprint density at radius 3 is 2.26 bits per heavy atom. The second-order valence-electron chi connectivity index (χ2n) is 7.13. The van der Waals surface area contributed by atoms with Gasteiger partial charge in [0.1, 0.15) is 11.6 Å². The van der Waals surface area contributed by atoms with Crippen molar-refractivity contribution in [1.29, 1.82) is 0 Å². The van der Waals surface area contributed by atoms with Gasteiger partial charge < -0.3 is 10.3 Å². The topological polar surface area (TPSA) is 44.9 Å². The monoisotopic (exact) mass is 436 g/mol. The third kappa shape index (κ3) is 6.09. The molecule has 0 bridgehead atoms. The van der Waals surface area contributed by atoms with Crippen molar-refractivity contribution in [2.45, 2.75) is 52.4 Å². The zero-order valence-electron chi connectivity index (χ0n) is 17.9. The molecule has 0 aliphatic heterocycles. The fourth-order valence-electron chi connectivity index (χ4n) is 3.51. The first-order valence-corrected chi connectivity index (χ1v) is 10.4. The number of fused-ring (bicyclic) bond motifs is 1. The van der Waals surface area contributed by atoms with Gasteiger partial charge in [0.05, 0.1) is 17.8 Å². The summed E-state index contributed by atoms with van der Waals surface area (Å²) in [5.41, 5.74) is 4.53. The molecule has 1 aliphatic carbocycles. The van der Waals surface area contributed by atoms with Crippen molar-refractivity contribution >= 4 is 17.3 Å². The van der Waals surface area contributed by atoms with Crippen molar-refractivity contribution in [3.63, 3.8) is 0 Å². The van der Waals surface area contributed by atoms with E-state index >= 15 is 0 Å². The fourth-order valence-corrected chi connectivity index (χ4v) is 3.51. The van der Waals surface area contributed by atoms with Crippen LogP contribution in [0.1, 0.15) is 50.2 Å². The molecule has 2 N–H and O–H groups in total. The summed E-state index contributed by atoms with van der Waals surface area (Å²) < 4.78 is 49.5. The summed E-state index contributed by atoms with van der Waals surface area (Å²) >= 11 is 0. The lowest BCUT2D eigenvalue weighted by Crippen LogP contribution is -2.18. The average Bonchev–Trinajstić information content (AvgIpc) is 3.07. The van der Waals surface area contributed by atoms with Crippen molar-refractivity contribution in [2.75, 3.05) is 6.54 Å². The Balaban J connectivity index is 0.000000327. The minimum Gasteiger partial charge on any atom is -0.353 e. The van der Waals surface area contributed by atoms with Gasteiger partial charge in [-0.2, -0.15) is 0 Å². The lowest BCUT2D eigenvalue weighted by atomic mass is 9.78. The van der Waals surface area contributed by atoms with E-state index in [0.29, 0.717) is 11.4 Å². The van der Waals surface area contributed by atoms with Crippen LogP contribution in [-0.4, -0.2) is 24.4 Å². The summed E-state index contributed by atoms with van der Waals surface area (Å²) in [5.74, 6) is -0.00832. The Hall–Kier alpha value is -2.83. The van der Waals surface area contributed by atoms with E-state index in [1.54, 1.807) is 18.2 Å². The first kappa shape index (κ1) is 24.4. The van der Waals surface area contributed by atoms with Crippen LogP contribution in [0.15, 0.2) is 36.4 Å². The standard InChI is InChI=1S/C19H17F2N.C3H5F2NO.C2H6/c1-11-9-15-17(12-3-2-4-12)18(22-19(15)16(21)10-11)13-5-7-14(20)8-6-13;4-3(5)1-6-2-7;1-2/h5-10,12,22H,2-4H2,1H3;2-3H,1H2,(H,6,7);1-2H3. The lowest BCUT2D eigenvalue weighted by Gasteiger charge is -2.26. The lowest BCUT2D eigenvalue weighted by molar-refractivity contribution is -0.110. The van der Waals surface area contributed by atoms with Crippen LogP contribution in [0.4, 0.5) is 17.6 Å². The van der Waals surface area contributed by atoms with Crippen LogP contribution in [0, 0.1) is 18.6 Å². The van der Waals surface area contributed by atoms with Gasteiger partial charge in [0, 0.05) is 5.39 Å². The molecule has 0 unspecified atom stereocenters. The number of hydrogen-bond donors (Lipinski definition) is 2. The van der Waals surface area contributed by atoms with E-state index in [0.717, 1.165) is 35.0 Å². The largest absolute Gasteiger partial charge is 0.353 e. The first-order valence-electron chi connectivity index (χ1n) is 10.4. The molecule has 1 aromatic heterocycles. The van der Waals surface area contributed by atoms with Crippen LogP contribution in [0.2, 0.25) is 0 Å². The van der Waals surface area contributed by atoms with E-state index < -0.39 is 13.0 Å². The predicted molar refractivity (Wildman–Crippen MR) is 116 cm³/mol. The predicted octanol–water partition coefficient (Wildman–Crippen LogP) is 6.71. The molecule has 0 atom stereocenters. The van der Waals surface area contributed by atoms with E-state index in [9.17, 15) is 22.4 Å². The number of rotatable bonds is 5. The van der Waals surface area contributed by atoms with Gasteiger partial charge in [-0.05, 0) is 78.8 Å². The summed E-state index contributed by atoms with van der Waals surface area (Å²) in [6.45, 7) is 5.36. The highest BCUT2D eigenvalue weighted by atomic mass is 19.3. The number of carbonyl (C=O) groups excluding carboxylic acids is 1. The van der Waals surface area contributed by atoms with Gasteiger partial charge in [-0.25, -0.2) is 17.6 Å². The van der Waals surface area contributed by atoms with E-state index in [1.807, 2.05) is 26.1 Å². The number of alkyl halides is 2. The zero-order valence-corrected chi connectivity index (χ0v) is 17.9. The molecule has 0 saturated heterocycles. The van der Waals surface area contributed by atoms with E-state index in [-0.39, 0.29) is 18.0 Å². The van der Waals surface area contributed by atoms with Gasteiger partial charge in [-0.15, -0.1) is 0 Å². The number of amides is 1. The van der Waals surface area contributed by atoms with E-state index in [1.165, 1.54) is 24.1 Å².